The molecule has 0 radical (unpaired) electrons. The summed E-state index contributed by atoms with van der Waals surface area (Å²) in [4.78, 5) is 24.0. The van der Waals surface area contributed by atoms with Crippen molar-refractivity contribution < 1.29 is 14.7 Å². The van der Waals surface area contributed by atoms with E-state index in [1.807, 2.05) is 13.8 Å². The molecule has 1 aromatic heterocycles. The Morgan fingerprint density at radius 3 is 2.55 bits per heavy atom. The second kappa shape index (κ2) is 7.20. The molecular weight excluding hydrogens is 298 g/mol. The lowest BCUT2D eigenvalue weighted by Crippen LogP contribution is -2.44. The van der Waals surface area contributed by atoms with Crippen LogP contribution in [0.4, 0.5) is 0 Å². The van der Waals surface area contributed by atoms with Gasteiger partial charge in [-0.1, -0.05) is 25.4 Å². The number of nitrogens with one attached hydrogen (secondary N) is 1. The zero-order valence-electron chi connectivity index (χ0n) is 11.9. The summed E-state index contributed by atoms with van der Waals surface area (Å²) in [5.74, 6) is -0.285. The summed E-state index contributed by atoms with van der Waals surface area (Å²) in [5.41, 5.74) is -0.944. The van der Waals surface area contributed by atoms with Gasteiger partial charge in [0, 0.05) is 19.4 Å². The molecule has 0 aliphatic rings. The fraction of sp³-hybridized carbons (Fsp3) is 0.571. The maximum atomic E-state index is 11.8. The Morgan fingerprint density at radius 1 is 1.40 bits per heavy atom. The van der Waals surface area contributed by atoms with Gasteiger partial charge in [-0.15, -0.1) is 11.3 Å². The number of rotatable bonds is 7. The summed E-state index contributed by atoms with van der Waals surface area (Å²) in [5, 5.41) is 12.7. The van der Waals surface area contributed by atoms with Crippen LogP contribution in [0.5, 0.6) is 0 Å². The van der Waals surface area contributed by atoms with Crippen LogP contribution >= 0.6 is 22.9 Å². The molecule has 0 spiro atoms. The lowest BCUT2D eigenvalue weighted by atomic mass is 9.92. The first-order valence-corrected chi connectivity index (χ1v) is 7.69. The number of hydrogen-bond donors (Lipinski definition) is 2. The molecule has 1 atom stereocenters. The molecule has 1 rings (SSSR count). The largest absolute Gasteiger partial charge is 0.388 e. The van der Waals surface area contributed by atoms with Crippen LogP contribution in [0.3, 0.4) is 0 Å². The van der Waals surface area contributed by atoms with E-state index in [-0.39, 0.29) is 37.0 Å². The Bertz CT molecular complexity index is 483. The van der Waals surface area contributed by atoms with E-state index >= 15 is 0 Å². The number of carbonyl (C=O) groups is 2. The number of ketones is 1. The predicted octanol–water partition coefficient (Wildman–Crippen LogP) is 2.89. The molecule has 0 saturated heterocycles. The van der Waals surface area contributed by atoms with E-state index < -0.39 is 5.60 Å². The monoisotopic (exact) mass is 317 g/mol. The average Bonchev–Trinajstić information content (AvgIpc) is 2.80. The van der Waals surface area contributed by atoms with E-state index in [2.05, 4.69) is 5.32 Å². The topological polar surface area (TPSA) is 66.4 Å². The second-order valence-corrected chi connectivity index (χ2v) is 7.03. The van der Waals surface area contributed by atoms with Crippen molar-refractivity contribution in [1.82, 2.24) is 5.32 Å². The number of aliphatic hydroxyl groups is 1. The number of carbonyl (C=O) groups excluding carboxylic acids is 2. The Morgan fingerprint density at radius 2 is 2.05 bits per heavy atom. The van der Waals surface area contributed by atoms with Crippen molar-refractivity contribution in [3.05, 3.63) is 21.3 Å². The van der Waals surface area contributed by atoms with Gasteiger partial charge in [0.2, 0.25) is 5.91 Å². The van der Waals surface area contributed by atoms with Crippen molar-refractivity contribution in [2.45, 2.75) is 39.2 Å². The van der Waals surface area contributed by atoms with E-state index in [4.69, 9.17) is 11.6 Å². The molecule has 20 heavy (non-hydrogen) atoms. The van der Waals surface area contributed by atoms with Gasteiger partial charge in [-0.25, -0.2) is 0 Å². The average molecular weight is 318 g/mol. The van der Waals surface area contributed by atoms with E-state index in [9.17, 15) is 14.7 Å². The molecule has 1 unspecified atom stereocenters. The molecule has 0 fully saturated rings. The molecule has 1 amide bonds. The van der Waals surface area contributed by atoms with Crippen molar-refractivity contribution in [2.24, 2.45) is 5.92 Å². The van der Waals surface area contributed by atoms with Crippen LogP contribution in [0.1, 0.15) is 43.3 Å². The molecule has 0 aliphatic carbocycles. The van der Waals surface area contributed by atoms with Crippen LogP contribution in [0.2, 0.25) is 4.34 Å². The number of halogens is 1. The fourth-order valence-electron chi connectivity index (χ4n) is 1.38. The quantitative estimate of drug-likeness (QED) is 0.760. The lowest BCUT2D eigenvalue weighted by molar-refractivity contribution is -0.122. The summed E-state index contributed by atoms with van der Waals surface area (Å²) in [7, 11) is 0. The standard InChI is InChI=1S/C14H20ClNO3S/c1-9(2)14(3,19)8-16-13(18)7-4-10(17)11-5-6-12(15)20-11/h5-6,9,19H,4,7-8H2,1-3H3,(H,16,18). The van der Waals surface area contributed by atoms with Crippen molar-refractivity contribution in [2.75, 3.05) is 6.54 Å². The highest BCUT2D eigenvalue weighted by Crippen LogP contribution is 2.22. The van der Waals surface area contributed by atoms with Crippen LogP contribution in [0.25, 0.3) is 0 Å². The molecule has 1 aromatic rings. The smallest absolute Gasteiger partial charge is 0.220 e. The molecule has 0 bridgehead atoms. The van der Waals surface area contributed by atoms with Gasteiger partial charge in [0.15, 0.2) is 5.78 Å². The minimum Gasteiger partial charge on any atom is -0.388 e. The minimum absolute atomic E-state index is 0.0395. The normalized spacial score (nSPS) is 14.1. The first-order chi connectivity index (χ1) is 9.22. The van der Waals surface area contributed by atoms with Crippen LogP contribution < -0.4 is 5.32 Å². The highest BCUT2D eigenvalue weighted by Gasteiger charge is 2.25. The third-order valence-corrected chi connectivity index (χ3v) is 4.59. The fourth-order valence-corrected chi connectivity index (χ4v) is 2.39. The van der Waals surface area contributed by atoms with E-state index in [1.165, 1.54) is 11.3 Å². The molecule has 0 saturated carbocycles. The van der Waals surface area contributed by atoms with E-state index in [0.717, 1.165) is 0 Å². The zero-order valence-corrected chi connectivity index (χ0v) is 13.5. The maximum Gasteiger partial charge on any atom is 0.220 e. The molecule has 1 heterocycles. The second-order valence-electron chi connectivity index (χ2n) is 5.32. The van der Waals surface area contributed by atoms with Crippen molar-refractivity contribution in [3.63, 3.8) is 0 Å². The van der Waals surface area contributed by atoms with Gasteiger partial charge in [-0.2, -0.15) is 0 Å². The summed E-state index contributed by atoms with van der Waals surface area (Å²) >= 11 is 6.97. The van der Waals surface area contributed by atoms with Crippen LogP contribution in [0, 0.1) is 5.92 Å². The zero-order chi connectivity index (χ0) is 15.3. The molecule has 0 aliphatic heterocycles. The minimum atomic E-state index is -0.944. The number of hydrogen-bond acceptors (Lipinski definition) is 4. The van der Waals surface area contributed by atoms with Gasteiger partial charge in [-0.05, 0) is 25.0 Å². The van der Waals surface area contributed by atoms with Crippen LogP contribution in [-0.4, -0.2) is 28.9 Å². The van der Waals surface area contributed by atoms with Gasteiger partial charge >= 0.3 is 0 Å². The number of Topliss-reactive ketones (excluding diaryl/α,β-unsaturated/α-hetero) is 1. The molecule has 6 heteroatoms. The van der Waals surface area contributed by atoms with Gasteiger partial charge in [0.1, 0.15) is 0 Å². The van der Waals surface area contributed by atoms with Crippen molar-refractivity contribution >= 4 is 34.6 Å². The summed E-state index contributed by atoms with van der Waals surface area (Å²) < 4.78 is 0.561. The number of amides is 1. The summed E-state index contributed by atoms with van der Waals surface area (Å²) in [6.07, 6.45) is 0.259. The molecule has 2 N–H and O–H groups in total. The highest BCUT2D eigenvalue weighted by atomic mass is 35.5. The number of thiophene rings is 1. The van der Waals surface area contributed by atoms with E-state index in [0.29, 0.717) is 9.21 Å². The SMILES string of the molecule is CC(C)C(C)(O)CNC(=O)CCC(=O)c1ccc(Cl)s1. The summed E-state index contributed by atoms with van der Waals surface area (Å²) in [6, 6.07) is 3.33. The Kier molecular flexibility index (Phi) is 6.17. The van der Waals surface area contributed by atoms with E-state index in [1.54, 1.807) is 19.1 Å². The Balaban J connectivity index is 2.35. The third kappa shape index (κ3) is 5.23. The maximum absolute atomic E-state index is 11.8. The third-order valence-electron chi connectivity index (χ3n) is 3.31. The van der Waals surface area contributed by atoms with Gasteiger partial charge in [-0.3, -0.25) is 9.59 Å². The first kappa shape index (κ1) is 17.1. The van der Waals surface area contributed by atoms with Crippen molar-refractivity contribution in [1.29, 1.82) is 0 Å². The Labute approximate surface area is 128 Å². The van der Waals surface area contributed by atoms with Crippen LogP contribution in [0.15, 0.2) is 12.1 Å². The van der Waals surface area contributed by atoms with Crippen LogP contribution in [-0.2, 0) is 4.79 Å². The first-order valence-electron chi connectivity index (χ1n) is 6.50. The molecule has 0 aromatic carbocycles. The summed E-state index contributed by atoms with van der Waals surface area (Å²) in [6.45, 7) is 5.63. The predicted molar refractivity (Wildman–Crippen MR) is 81.4 cm³/mol. The molecule has 4 nitrogen and oxygen atoms in total. The Hall–Kier alpha value is -0.910. The lowest BCUT2D eigenvalue weighted by Gasteiger charge is -2.27. The molecular formula is C14H20ClNO3S. The van der Waals surface area contributed by atoms with Gasteiger partial charge < -0.3 is 10.4 Å². The molecule has 112 valence electrons. The van der Waals surface area contributed by atoms with Gasteiger partial charge in [0.25, 0.3) is 0 Å². The van der Waals surface area contributed by atoms with Crippen molar-refractivity contribution in [3.8, 4) is 0 Å². The highest BCUT2D eigenvalue weighted by molar-refractivity contribution is 7.18. The van der Waals surface area contributed by atoms with Gasteiger partial charge in [0.05, 0.1) is 14.8 Å².